The van der Waals surface area contributed by atoms with E-state index in [1.807, 2.05) is 0 Å². The normalized spacial score (nSPS) is 20.7. The molecule has 0 aliphatic carbocycles. The monoisotopic (exact) mass is 441 g/mol. The zero-order valence-electron chi connectivity index (χ0n) is 16.7. The Bertz CT molecular complexity index is 1270. The molecule has 1 fully saturated rings. The van der Waals surface area contributed by atoms with E-state index in [-0.39, 0.29) is 11.3 Å². The first kappa shape index (κ1) is 20.3. The summed E-state index contributed by atoms with van der Waals surface area (Å²) in [6, 6.07) is 7.56. The molecule has 1 aromatic heterocycles. The number of fused-ring (bicyclic) bond motifs is 2. The molecule has 1 N–H and O–H groups in total. The number of aromatic nitrogens is 2. The number of hydrogen-bond acceptors (Lipinski definition) is 4. The van der Waals surface area contributed by atoms with Crippen molar-refractivity contribution in [3.63, 3.8) is 0 Å². The predicted molar refractivity (Wildman–Crippen MR) is 108 cm³/mol. The van der Waals surface area contributed by atoms with Crippen LogP contribution in [0.4, 0.5) is 13.2 Å². The Kier molecular flexibility index (Phi) is 4.76. The van der Waals surface area contributed by atoms with Gasteiger partial charge in [-0.3, -0.25) is 14.3 Å². The molecular weight excluding hydrogens is 423 g/mol. The minimum absolute atomic E-state index is 0.227. The van der Waals surface area contributed by atoms with E-state index < -0.39 is 52.5 Å². The Morgan fingerprint density at radius 3 is 2.44 bits per heavy atom. The number of aromatic hydroxyl groups is 1. The van der Waals surface area contributed by atoms with Crippen LogP contribution < -0.4 is 5.43 Å². The van der Waals surface area contributed by atoms with E-state index in [1.54, 1.807) is 11.0 Å². The molecule has 0 saturated carbocycles. The van der Waals surface area contributed by atoms with E-state index in [1.165, 1.54) is 22.9 Å². The molecule has 0 bridgehead atoms. The van der Waals surface area contributed by atoms with Gasteiger partial charge in [-0.15, -0.1) is 0 Å². The lowest BCUT2D eigenvalue weighted by Crippen LogP contribution is -2.50. The fraction of sp³-hybridized carbons (Fsp3) is 0.261. The average molecular weight is 441 g/mol. The van der Waals surface area contributed by atoms with Crippen LogP contribution in [-0.4, -0.2) is 38.3 Å². The zero-order chi connectivity index (χ0) is 22.6. The summed E-state index contributed by atoms with van der Waals surface area (Å²) in [6.07, 6.45) is 2.15. The van der Waals surface area contributed by atoms with Crippen molar-refractivity contribution in [3.05, 3.63) is 93.2 Å². The van der Waals surface area contributed by atoms with Crippen LogP contribution in [0.3, 0.4) is 0 Å². The van der Waals surface area contributed by atoms with E-state index >= 15 is 0 Å². The summed E-state index contributed by atoms with van der Waals surface area (Å²) >= 11 is 0. The topological polar surface area (TPSA) is 75.4 Å². The van der Waals surface area contributed by atoms with Crippen LogP contribution in [-0.2, 0) is 0 Å². The van der Waals surface area contributed by atoms with Gasteiger partial charge in [-0.05, 0) is 48.2 Å². The number of carbonyl (C=O) groups excluding carboxylic acids is 1. The van der Waals surface area contributed by atoms with Crippen molar-refractivity contribution in [2.24, 2.45) is 0 Å². The molecule has 1 amide bonds. The van der Waals surface area contributed by atoms with Crippen LogP contribution in [0.5, 0.6) is 5.75 Å². The van der Waals surface area contributed by atoms with E-state index in [0.29, 0.717) is 24.9 Å². The van der Waals surface area contributed by atoms with Gasteiger partial charge in [0.1, 0.15) is 17.5 Å². The molecule has 3 aromatic rings. The Balaban J connectivity index is 1.80. The number of benzene rings is 2. The highest BCUT2D eigenvalue weighted by Gasteiger charge is 2.48. The first-order valence-electron chi connectivity index (χ1n) is 10.2. The van der Waals surface area contributed by atoms with Gasteiger partial charge in [0.05, 0.1) is 18.3 Å². The third-order valence-corrected chi connectivity index (χ3v) is 6.22. The second-order valence-corrected chi connectivity index (χ2v) is 8.08. The third-order valence-electron chi connectivity index (χ3n) is 6.22. The molecule has 3 atom stereocenters. The quantitative estimate of drug-likeness (QED) is 0.677. The van der Waals surface area contributed by atoms with Crippen molar-refractivity contribution in [1.82, 2.24) is 14.7 Å². The minimum atomic E-state index is -0.817. The summed E-state index contributed by atoms with van der Waals surface area (Å²) in [5.41, 5.74) is -0.434. The van der Waals surface area contributed by atoms with Crippen molar-refractivity contribution in [3.8, 4) is 5.75 Å². The lowest BCUT2D eigenvalue weighted by molar-refractivity contribution is 0.0564. The molecule has 1 saturated heterocycles. The number of hydrogen-bond donors (Lipinski definition) is 1. The van der Waals surface area contributed by atoms with Crippen molar-refractivity contribution >= 4 is 5.91 Å². The molecule has 0 unspecified atom stereocenters. The Morgan fingerprint density at radius 2 is 1.72 bits per heavy atom. The van der Waals surface area contributed by atoms with Crippen LogP contribution >= 0.6 is 0 Å². The van der Waals surface area contributed by atoms with Gasteiger partial charge in [-0.1, -0.05) is 12.1 Å². The summed E-state index contributed by atoms with van der Waals surface area (Å²) in [5.74, 6) is -4.21. The molecule has 164 valence electrons. The molecule has 6 nitrogen and oxygen atoms in total. The van der Waals surface area contributed by atoms with Gasteiger partial charge in [0, 0.05) is 18.5 Å². The summed E-state index contributed by atoms with van der Waals surface area (Å²) in [7, 11) is 0. The van der Waals surface area contributed by atoms with Crippen LogP contribution in [0, 0.1) is 17.5 Å². The van der Waals surface area contributed by atoms with Gasteiger partial charge in [0.2, 0.25) is 5.43 Å². The average Bonchev–Trinajstić information content (AvgIpc) is 3.22. The summed E-state index contributed by atoms with van der Waals surface area (Å²) < 4.78 is 43.9. The van der Waals surface area contributed by atoms with Crippen LogP contribution in [0.2, 0.25) is 0 Å². The standard InChI is InChI=1S/C23H18F3N3O3/c24-14-4-1-3-12(7-14)19(13-8-15(25)10-16(26)9-13)20-17-5-2-6-28(17)23(32)21-22(31)18(30)11-27-29(20)21/h1,3-4,7-11,17,19-20,31H,2,5-6H2/t17-,19-,20-/m1/s1. The van der Waals surface area contributed by atoms with Gasteiger partial charge >= 0.3 is 0 Å². The Labute approximate surface area is 180 Å². The van der Waals surface area contributed by atoms with Crippen molar-refractivity contribution in [2.45, 2.75) is 30.8 Å². The molecule has 5 rings (SSSR count). The molecule has 2 aliphatic rings. The van der Waals surface area contributed by atoms with Gasteiger partial charge in [-0.2, -0.15) is 5.10 Å². The van der Waals surface area contributed by atoms with Crippen LogP contribution in [0.1, 0.15) is 46.4 Å². The van der Waals surface area contributed by atoms with E-state index in [2.05, 4.69) is 5.10 Å². The smallest absolute Gasteiger partial charge is 0.276 e. The molecule has 2 aliphatic heterocycles. The number of nitrogens with zero attached hydrogens (tertiary/aromatic N) is 3. The summed E-state index contributed by atoms with van der Waals surface area (Å²) in [4.78, 5) is 26.6. The lowest BCUT2D eigenvalue weighted by atomic mass is 9.79. The fourth-order valence-corrected chi connectivity index (χ4v) is 4.99. The number of amides is 1. The number of halogens is 3. The SMILES string of the molecule is O=C1c2c(O)c(=O)cnn2[C@@H]([C@H](c2cccc(F)c2)c2cc(F)cc(F)c2)[C@H]2CCCN12. The highest BCUT2D eigenvalue weighted by atomic mass is 19.1. The molecule has 0 spiro atoms. The van der Waals surface area contributed by atoms with Gasteiger partial charge in [0.25, 0.3) is 5.91 Å². The lowest BCUT2D eigenvalue weighted by Gasteiger charge is -2.42. The molecule has 0 radical (unpaired) electrons. The zero-order valence-corrected chi connectivity index (χ0v) is 16.7. The first-order valence-corrected chi connectivity index (χ1v) is 10.2. The van der Waals surface area contributed by atoms with Crippen molar-refractivity contribution in [1.29, 1.82) is 0 Å². The van der Waals surface area contributed by atoms with Crippen molar-refractivity contribution < 1.29 is 23.1 Å². The van der Waals surface area contributed by atoms with E-state index in [0.717, 1.165) is 24.4 Å². The number of rotatable bonds is 3. The first-order chi connectivity index (χ1) is 15.3. The van der Waals surface area contributed by atoms with E-state index in [9.17, 15) is 27.9 Å². The predicted octanol–water partition coefficient (Wildman–Crippen LogP) is 3.36. The molecule has 2 aromatic carbocycles. The fourth-order valence-electron chi connectivity index (χ4n) is 4.99. The van der Waals surface area contributed by atoms with Gasteiger partial charge in [-0.25, -0.2) is 13.2 Å². The second-order valence-electron chi connectivity index (χ2n) is 8.08. The van der Waals surface area contributed by atoms with Crippen LogP contribution in [0.15, 0.2) is 53.5 Å². The highest BCUT2D eigenvalue weighted by Crippen LogP contribution is 2.46. The van der Waals surface area contributed by atoms with Crippen LogP contribution in [0.25, 0.3) is 0 Å². The minimum Gasteiger partial charge on any atom is -0.502 e. The second kappa shape index (κ2) is 7.51. The molecule has 9 heteroatoms. The Morgan fingerprint density at radius 1 is 1.00 bits per heavy atom. The molecule has 3 heterocycles. The highest BCUT2D eigenvalue weighted by molar-refractivity contribution is 5.96. The summed E-state index contributed by atoms with van der Waals surface area (Å²) in [5, 5.41) is 14.5. The van der Waals surface area contributed by atoms with E-state index in [4.69, 9.17) is 0 Å². The molecule has 32 heavy (non-hydrogen) atoms. The Hall–Kier alpha value is -3.62. The van der Waals surface area contributed by atoms with Gasteiger partial charge in [0.15, 0.2) is 11.4 Å². The maximum atomic E-state index is 14.2. The maximum Gasteiger partial charge on any atom is 0.276 e. The summed E-state index contributed by atoms with van der Waals surface area (Å²) in [6.45, 7) is 0.399. The maximum absolute atomic E-state index is 14.2. The van der Waals surface area contributed by atoms with Gasteiger partial charge < -0.3 is 10.0 Å². The molecular formula is C23H18F3N3O3. The number of carbonyl (C=O) groups is 1. The van der Waals surface area contributed by atoms with Crippen molar-refractivity contribution in [2.75, 3.05) is 6.54 Å². The largest absolute Gasteiger partial charge is 0.502 e. The third kappa shape index (κ3) is 3.16.